The summed E-state index contributed by atoms with van der Waals surface area (Å²) in [4.78, 5) is 32.7. The van der Waals surface area contributed by atoms with E-state index < -0.39 is 0 Å². The van der Waals surface area contributed by atoms with Crippen molar-refractivity contribution in [1.82, 2.24) is 14.8 Å². The van der Waals surface area contributed by atoms with Gasteiger partial charge in [0.1, 0.15) is 5.69 Å². The van der Waals surface area contributed by atoms with E-state index in [1.165, 1.54) is 0 Å². The molecule has 2 heterocycles. The molecule has 0 spiro atoms. The second kappa shape index (κ2) is 6.83. The Bertz CT molecular complexity index is 745. The average Bonchev–Trinajstić information content (AvgIpc) is 2.61. The van der Waals surface area contributed by atoms with E-state index in [1.807, 2.05) is 54.3 Å². The third-order valence-corrected chi connectivity index (χ3v) is 4.36. The monoisotopic (exact) mass is 323 g/mol. The Hall–Kier alpha value is -2.69. The summed E-state index contributed by atoms with van der Waals surface area (Å²) >= 11 is 0. The number of aryl methyl sites for hydroxylation is 1. The molecule has 1 atom stereocenters. The fourth-order valence-corrected chi connectivity index (χ4v) is 3.13. The van der Waals surface area contributed by atoms with Crippen molar-refractivity contribution < 1.29 is 9.59 Å². The zero-order valence-corrected chi connectivity index (χ0v) is 14.0. The highest BCUT2D eigenvalue weighted by molar-refractivity contribution is 5.92. The Labute approximate surface area is 141 Å². The Morgan fingerprint density at radius 2 is 1.79 bits per heavy atom. The molecular formula is C19H21N3O2. The molecule has 0 saturated carbocycles. The molecule has 1 aliphatic rings. The van der Waals surface area contributed by atoms with Crippen LogP contribution in [0.15, 0.2) is 48.5 Å². The molecule has 1 unspecified atom stereocenters. The molecule has 5 heteroatoms. The van der Waals surface area contributed by atoms with E-state index in [0.717, 1.165) is 11.3 Å². The van der Waals surface area contributed by atoms with Crippen LogP contribution >= 0.6 is 0 Å². The van der Waals surface area contributed by atoms with Crippen molar-refractivity contribution in [2.75, 3.05) is 19.6 Å². The number of piperazine rings is 1. The van der Waals surface area contributed by atoms with Crippen LogP contribution in [0.25, 0.3) is 0 Å². The summed E-state index contributed by atoms with van der Waals surface area (Å²) in [6.45, 7) is 4.99. The van der Waals surface area contributed by atoms with Crippen LogP contribution in [-0.2, 0) is 4.79 Å². The van der Waals surface area contributed by atoms with E-state index in [-0.39, 0.29) is 17.9 Å². The number of rotatable bonds is 2. The van der Waals surface area contributed by atoms with E-state index in [4.69, 9.17) is 0 Å². The molecule has 0 N–H and O–H groups in total. The van der Waals surface area contributed by atoms with Gasteiger partial charge in [-0.2, -0.15) is 0 Å². The second-order valence-corrected chi connectivity index (χ2v) is 6.05. The Kier molecular flexibility index (Phi) is 4.60. The van der Waals surface area contributed by atoms with Gasteiger partial charge in [-0.3, -0.25) is 9.59 Å². The predicted molar refractivity (Wildman–Crippen MR) is 91.4 cm³/mol. The molecule has 2 aromatic rings. The number of pyridine rings is 1. The number of nitrogens with zero attached hydrogens (tertiary/aromatic N) is 3. The van der Waals surface area contributed by atoms with Crippen molar-refractivity contribution in [3.63, 3.8) is 0 Å². The maximum absolute atomic E-state index is 12.8. The summed E-state index contributed by atoms with van der Waals surface area (Å²) in [5.41, 5.74) is 2.32. The normalized spacial score (nSPS) is 17.7. The van der Waals surface area contributed by atoms with Gasteiger partial charge < -0.3 is 9.80 Å². The highest BCUT2D eigenvalue weighted by atomic mass is 16.2. The Morgan fingerprint density at radius 1 is 1.04 bits per heavy atom. The van der Waals surface area contributed by atoms with Crippen molar-refractivity contribution in [2.24, 2.45) is 0 Å². The molecule has 0 bridgehead atoms. The number of benzene rings is 1. The lowest BCUT2D eigenvalue weighted by Crippen LogP contribution is -2.52. The fourth-order valence-electron chi connectivity index (χ4n) is 3.13. The van der Waals surface area contributed by atoms with E-state index in [0.29, 0.717) is 25.3 Å². The van der Waals surface area contributed by atoms with Crippen LogP contribution in [0.2, 0.25) is 0 Å². The molecule has 5 nitrogen and oxygen atoms in total. The number of hydrogen-bond acceptors (Lipinski definition) is 3. The van der Waals surface area contributed by atoms with Crippen LogP contribution in [0.1, 0.15) is 34.7 Å². The molecule has 1 aromatic carbocycles. The van der Waals surface area contributed by atoms with Crippen molar-refractivity contribution in [2.45, 2.75) is 19.9 Å². The van der Waals surface area contributed by atoms with Crippen LogP contribution in [0.3, 0.4) is 0 Å². The van der Waals surface area contributed by atoms with Gasteiger partial charge in [0.05, 0.1) is 6.04 Å². The highest BCUT2D eigenvalue weighted by Gasteiger charge is 2.32. The molecule has 1 fully saturated rings. The second-order valence-electron chi connectivity index (χ2n) is 6.05. The number of carbonyl (C=O) groups is 2. The lowest BCUT2D eigenvalue weighted by Gasteiger charge is -2.41. The molecule has 0 aliphatic carbocycles. The van der Waals surface area contributed by atoms with Crippen molar-refractivity contribution in [3.8, 4) is 0 Å². The fraction of sp³-hybridized carbons (Fsp3) is 0.316. The molecule has 1 saturated heterocycles. The zero-order chi connectivity index (χ0) is 17.1. The number of amides is 2. The first-order chi connectivity index (χ1) is 11.6. The van der Waals surface area contributed by atoms with Gasteiger partial charge in [-0.05, 0) is 24.6 Å². The Balaban J connectivity index is 1.85. The first kappa shape index (κ1) is 16.2. The third kappa shape index (κ3) is 3.30. The van der Waals surface area contributed by atoms with Crippen LogP contribution in [0.5, 0.6) is 0 Å². The van der Waals surface area contributed by atoms with E-state index in [1.54, 1.807) is 17.9 Å². The van der Waals surface area contributed by atoms with Crippen LogP contribution in [-0.4, -0.2) is 46.2 Å². The number of carbonyl (C=O) groups excluding carboxylic acids is 2. The van der Waals surface area contributed by atoms with Gasteiger partial charge in [0.2, 0.25) is 5.91 Å². The smallest absolute Gasteiger partial charge is 0.272 e. The minimum Gasteiger partial charge on any atom is -0.333 e. The van der Waals surface area contributed by atoms with Crippen LogP contribution in [0.4, 0.5) is 0 Å². The van der Waals surface area contributed by atoms with Gasteiger partial charge >= 0.3 is 0 Å². The van der Waals surface area contributed by atoms with E-state index in [9.17, 15) is 9.59 Å². The molecule has 24 heavy (non-hydrogen) atoms. The molecule has 2 amide bonds. The molecule has 1 aromatic heterocycles. The molecule has 3 rings (SSSR count). The average molecular weight is 323 g/mol. The van der Waals surface area contributed by atoms with Crippen LogP contribution in [0, 0.1) is 6.92 Å². The molecular weight excluding hydrogens is 302 g/mol. The van der Waals surface area contributed by atoms with E-state index in [2.05, 4.69) is 4.98 Å². The largest absolute Gasteiger partial charge is 0.333 e. The third-order valence-electron chi connectivity index (χ3n) is 4.36. The van der Waals surface area contributed by atoms with Gasteiger partial charge in [-0.15, -0.1) is 0 Å². The van der Waals surface area contributed by atoms with Gasteiger partial charge in [-0.25, -0.2) is 4.98 Å². The van der Waals surface area contributed by atoms with Crippen molar-refractivity contribution in [3.05, 3.63) is 65.5 Å². The maximum atomic E-state index is 12.8. The summed E-state index contributed by atoms with van der Waals surface area (Å²) in [6.07, 6.45) is 0. The topological polar surface area (TPSA) is 53.5 Å². The lowest BCUT2D eigenvalue weighted by atomic mass is 10.0. The predicted octanol–water partition coefficient (Wildman–Crippen LogP) is 2.44. The summed E-state index contributed by atoms with van der Waals surface area (Å²) in [5, 5.41) is 0. The van der Waals surface area contributed by atoms with E-state index >= 15 is 0 Å². The van der Waals surface area contributed by atoms with Gasteiger partial charge in [-0.1, -0.05) is 36.4 Å². The summed E-state index contributed by atoms with van der Waals surface area (Å²) < 4.78 is 0. The quantitative estimate of drug-likeness (QED) is 0.853. The highest BCUT2D eigenvalue weighted by Crippen LogP contribution is 2.26. The minimum atomic E-state index is -0.119. The summed E-state index contributed by atoms with van der Waals surface area (Å²) in [7, 11) is 0. The maximum Gasteiger partial charge on any atom is 0.272 e. The number of hydrogen-bond donors (Lipinski definition) is 0. The lowest BCUT2D eigenvalue weighted by molar-refractivity contribution is -0.133. The van der Waals surface area contributed by atoms with Gasteiger partial charge in [0.15, 0.2) is 0 Å². The van der Waals surface area contributed by atoms with Crippen molar-refractivity contribution in [1.29, 1.82) is 0 Å². The molecule has 1 aliphatic heterocycles. The standard InChI is InChI=1S/C19H21N3O2/c1-14-7-6-10-17(20-14)19(24)21-11-12-22(15(2)23)18(13-21)16-8-4-3-5-9-16/h3-10,18H,11-13H2,1-2H3. The summed E-state index contributed by atoms with van der Waals surface area (Å²) in [5.74, 6) is -0.0486. The number of aromatic nitrogens is 1. The van der Waals surface area contributed by atoms with Gasteiger partial charge in [0.25, 0.3) is 5.91 Å². The molecule has 0 radical (unpaired) electrons. The zero-order valence-electron chi connectivity index (χ0n) is 14.0. The SMILES string of the molecule is CC(=O)N1CCN(C(=O)c2cccc(C)n2)CC1c1ccccc1. The summed E-state index contributed by atoms with van der Waals surface area (Å²) in [6, 6.07) is 15.2. The first-order valence-electron chi connectivity index (χ1n) is 8.11. The first-order valence-corrected chi connectivity index (χ1v) is 8.11. The Morgan fingerprint density at radius 3 is 2.46 bits per heavy atom. The molecule has 124 valence electrons. The van der Waals surface area contributed by atoms with Crippen molar-refractivity contribution >= 4 is 11.8 Å². The van der Waals surface area contributed by atoms with Crippen LogP contribution < -0.4 is 0 Å². The minimum absolute atomic E-state index is 0.0321. The van der Waals surface area contributed by atoms with Gasteiger partial charge in [0, 0.05) is 32.3 Å².